The Hall–Kier alpha value is -1.33. The predicted octanol–water partition coefficient (Wildman–Crippen LogP) is 3.81. The van der Waals surface area contributed by atoms with E-state index in [0.29, 0.717) is 5.01 Å². The minimum absolute atomic E-state index is 0.0451. The summed E-state index contributed by atoms with van der Waals surface area (Å²) in [6.07, 6.45) is -0.0451. The highest BCUT2D eigenvalue weighted by molar-refractivity contribution is 7.09. The van der Waals surface area contributed by atoms with Gasteiger partial charge in [0.25, 0.3) is 0 Å². The summed E-state index contributed by atoms with van der Waals surface area (Å²) in [5.74, 6) is -2.14. The Balaban J connectivity index is 2.26. The quantitative estimate of drug-likeness (QED) is 0.635. The maximum atomic E-state index is 13.5. The highest BCUT2D eigenvalue weighted by atomic mass is 35.5. The van der Waals surface area contributed by atoms with Gasteiger partial charge in [-0.3, -0.25) is 4.79 Å². The second-order valence-electron chi connectivity index (χ2n) is 3.73. The summed E-state index contributed by atoms with van der Waals surface area (Å²) >= 11 is 6.73. The molecule has 0 N–H and O–H groups in total. The number of aryl methyl sites for hydroxylation is 1. The molecule has 1 heterocycles. The largest absolute Gasteiger partial charge is 0.294 e. The topological polar surface area (TPSA) is 30.0 Å². The molecule has 0 atom stereocenters. The van der Waals surface area contributed by atoms with Gasteiger partial charge in [-0.1, -0.05) is 11.6 Å². The number of ketones is 1. The molecule has 94 valence electrons. The van der Waals surface area contributed by atoms with Crippen LogP contribution in [0.1, 0.15) is 21.1 Å². The van der Waals surface area contributed by atoms with E-state index in [1.165, 1.54) is 11.3 Å². The third-order valence-corrected chi connectivity index (χ3v) is 3.55. The average Bonchev–Trinajstić information content (AvgIpc) is 2.69. The molecule has 18 heavy (non-hydrogen) atoms. The van der Waals surface area contributed by atoms with Crippen LogP contribution in [0.3, 0.4) is 0 Å². The van der Waals surface area contributed by atoms with Crippen LogP contribution < -0.4 is 0 Å². The zero-order valence-electron chi connectivity index (χ0n) is 9.34. The lowest BCUT2D eigenvalue weighted by Gasteiger charge is -2.02. The molecule has 1 aromatic heterocycles. The Kier molecular flexibility index (Phi) is 3.73. The Labute approximate surface area is 111 Å². The number of Topliss-reactive ketones (excluding diaryl/α,β-unsaturated/α-hetero) is 1. The molecule has 0 aliphatic heterocycles. The third kappa shape index (κ3) is 2.73. The molecule has 0 aliphatic carbocycles. The second kappa shape index (κ2) is 5.12. The summed E-state index contributed by atoms with van der Waals surface area (Å²) in [5, 5.41) is 2.03. The molecule has 2 aromatic rings. The van der Waals surface area contributed by atoms with Gasteiger partial charge in [-0.2, -0.15) is 0 Å². The van der Waals surface area contributed by atoms with Crippen molar-refractivity contribution in [2.45, 2.75) is 13.3 Å². The maximum Gasteiger partial charge on any atom is 0.172 e. The summed E-state index contributed by atoms with van der Waals surface area (Å²) in [4.78, 5) is 15.9. The number of halogens is 3. The first-order valence-electron chi connectivity index (χ1n) is 5.06. The van der Waals surface area contributed by atoms with E-state index in [1.807, 2.05) is 0 Å². The van der Waals surface area contributed by atoms with Crippen molar-refractivity contribution in [2.24, 2.45) is 0 Å². The van der Waals surface area contributed by atoms with Crippen molar-refractivity contribution >= 4 is 28.7 Å². The summed E-state index contributed by atoms with van der Waals surface area (Å²) < 4.78 is 26.7. The molecule has 0 saturated heterocycles. The van der Waals surface area contributed by atoms with Crippen LogP contribution >= 0.6 is 22.9 Å². The Morgan fingerprint density at radius 2 is 2.11 bits per heavy atom. The van der Waals surface area contributed by atoms with Crippen LogP contribution in [0.2, 0.25) is 5.02 Å². The van der Waals surface area contributed by atoms with E-state index in [1.54, 1.807) is 12.3 Å². The van der Waals surface area contributed by atoms with Crippen LogP contribution in [0.5, 0.6) is 0 Å². The highest BCUT2D eigenvalue weighted by Crippen LogP contribution is 2.21. The van der Waals surface area contributed by atoms with E-state index in [4.69, 9.17) is 11.6 Å². The minimum Gasteiger partial charge on any atom is -0.294 e. The molecule has 0 radical (unpaired) electrons. The molecule has 2 nitrogen and oxygen atoms in total. The molecule has 0 spiro atoms. The smallest absolute Gasteiger partial charge is 0.172 e. The number of hydrogen-bond donors (Lipinski definition) is 0. The third-order valence-electron chi connectivity index (χ3n) is 2.29. The van der Waals surface area contributed by atoms with E-state index in [9.17, 15) is 13.6 Å². The summed E-state index contributed by atoms with van der Waals surface area (Å²) in [6, 6.07) is 1.62. The van der Waals surface area contributed by atoms with Crippen molar-refractivity contribution < 1.29 is 13.6 Å². The second-order valence-corrected chi connectivity index (χ2v) is 5.08. The SMILES string of the molecule is Cc1csc(CC(=O)c2cc(F)c(Cl)cc2F)n1. The summed E-state index contributed by atoms with van der Waals surface area (Å²) in [5.41, 5.74) is 0.496. The average molecular weight is 288 g/mol. The van der Waals surface area contributed by atoms with Gasteiger partial charge in [-0.15, -0.1) is 11.3 Å². The Morgan fingerprint density at radius 3 is 2.72 bits per heavy atom. The molecule has 0 unspecified atom stereocenters. The lowest BCUT2D eigenvalue weighted by molar-refractivity contribution is 0.0988. The van der Waals surface area contributed by atoms with Gasteiger partial charge in [0.2, 0.25) is 0 Å². The number of rotatable bonds is 3. The summed E-state index contributed by atoms with van der Waals surface area (Å²) in [6.45, 7) is 1.80. The van der Waals surface area contributed by atoms with Crippen molar-refractivity contribution in [3.63, 3.8) is 0 Å². The Bertz CT molecular complexity index is 612. The first kappa shape index (κ1) is 13.1. The van der Waals surface area contributed by atoms with Crippen LogP contribution in [0.25, 0.3) is 0 Å². The molecule has 0 bridgehead atoms. The fraction of sp³-hybridized carbons (Fsp3) is 0.167. The fourth-order valence-electron chi connectivity index (χ4n) is 1.45. The summed E-state index contributed by atoms with van der Waals surface area (Å²) in [7, 11) is 0. The molecule has 0 fully saturated rings. The molecule has 6 heteroatoms. The van der Waals surface area contributed by atoms with Gasteiger partial charge in [0.05, 0.1) is 17.0 Å². The van der Waals surface area contributed by atoms with Crippen LogP contribution in [0, 0.1) is 18.6 Å². The number of carbonyl (C=O) groups excluding carboxylic acids is 1. The van der Waals surface area contributed by atoms with Crippen LogP contribution in [0.4, 0.5) is 8.78 Å². The van der Waals surface area contributed by atoms with Crippen molar-refractivity contribution in [3.05, 3.63) is 50.4 Å². The number of aromatic nitrogens is 1. The zero-order valence-corrected chi connectivity index (χ0v) is 10.9. The van der Waals surface area contributed by atoms with Gasteiger partial charge < -0.3 is 0 Å². The van der Waals surface area contributed by atoms with E-state index >= 15 is 0 Å². The van der Waals surface area contributed by atoms with Gasteiger partial charge in [-0.05, 0) is 19.1 Å². The van der Waals surface area contributed by atoms with Crippen LogP contribution in [-0.4, -0.2) is 10.8 Å². The molecule has 0 aliphatic rings. The van der Waals surface area contributed by atoms with Gasteiger partial charge >= 0.3 is 0 Å². The van der Waals surface area contributed by atoms with E-state index in [-0.39, 0.29) is 17.0 Å². The van der Waals surface area contributed by atoms with Gasteiger partial charge in [0, 0.05) is 11.1 Å². The standard InChI is InChI=1S/C12H8ClF2NOS/c1-6-5-18-12(16-6)4-11(17)7-2-10(15)8(13)3-9(7)14/h2-3,5H,4H2,1H3. The number of nitrogens with zero attached hydrogens (tertiary/aromatic N) is 1. The first-order chi connectivity index (χ1) is 8.47. The fourth-order valence-corrected chi connectivity index (χ4v) is 2.37. The molecule has 0 saturated carbocycles. The van der Waals surface area contributed by atoms with Gasteiger partial charge in [-0.25, -0.2) is 13.8 Å². The molecular weight excluding hydrogens is 280 g/mol. The van der Waals surface area contributed by atoms with Crippen molar-refractivity contribution in [1.29, 1.82) is 0 Å². The zero-order chi connectivity index (χ0) is 13.3. The van der Waals surface area contributed by atoms with Crippen molar-refractivity contribution in [3.8, 4) is 0 Å². The van der Waals surface area contributed by atoms with Gasteiger partial charge in [0.1, 0.15) is 16.6 Å². The normalized spacial score (nSPS) is 10.7. The van der Waals surface area contributed by atoms with Crippen molar-refractivity contribution in [2.75, 3.05) is 0 Å². The number of carbonyl (C=O) groups is 1. The minimum atomic E-state index is -0.820. The lowest BCUT2D eigenvalue weighted by atomic mass is 10.1. The van der Waals surface area contributed by atoms with Crippen LogP contribution in [-0.2, 0) is 6.42 Å². The van der Waals surface area contributed by atoms with E-state index < -0.39 is 17.4 Å². The number of thiazole rings is 1. The van der Waals surface area contributed by atoms with Crippen molar-refractivity contribution in [1.82, 2.24) is 4.98 Å². The van der Waals surface area contributed by atoms with E-state index in [2.05, 4.69) is 4.98 Å². The van der Waals surface area contributed by atoms with Gasteiger partial charge in [0.15, 0.2) is 5.78 Å². The predicted molar refractivity (Wildman–Crippen MR) is 66.3 cm³/mol. The highest BCUT2D eigenvalue weighted by Gasteiger charge is 2.17. The number of hydrogen-bond acceptors (Lipinski definition) is 3. The molecule has 0 amide bonds. The van der Waals surface area contributed by atoms with E-state index in [0.717, 1.165) is 17.8 Å². The lowest BCUT2D eigenvalue weighted by Crippen LogP contribution is -2.07. The molecular formula is C12H8ClF2NOS. The van der Waals surface area contributed by atoms with Crippen LogP contribution in [0.15, 0.2) is 17.5 Å². The maximum absolute atomic E-state index is 13.5. The Morgan fingerprint density at radius 1 is 1.39 bits per heavy atom. The number of benzene rings is 1. The first-order valence-corrected chi connectivity index (χ1v) is 6.32. The molecule has 1 aromatic carbocycles. The monoisotopic (exact) mass is 287 g/mol. The molecule has 2 rings (SSSR count).